The Bertz CT molecular complexity index is 545. The summed E-state index contributed by atoms with van der Waals surface area (Å²) in [6.45, 7) is 3.05. The molecular formula is C16H19BrN2O. The van der Waals surface area contributed by atoms with E-state index in [9.17, 15) is 0 Å². The molecule has 0 aliphatic rings. The lowest BCUT2D eigenvalue weighted by Crippen LogP contribution is -2.23. The van der Waals surface area contributed by atoms with Crippen LogP contribution < -0.4 is 10.1 Å². The largest absolute Gasteiger partial charge is 0.496 e. The van der Waals surface area contributed by atoms with Gasteiger partial charge >= 0.3 is 0 Å². The van der Waals surface area contributed by atoms with Crippen LogP contribution in [-0.4, -0.2) is 18.6 Å². The van der Waals surface area contributed by atoms with Crippen molar-refractivity contribution in [3.05, 3.63) is 58.3 Å². The third kappa shape index (κ3) is 3.81. The van der Waals surface area contributed by atoms with E-state index in [2.05, 4.69) is 51.4 Å². The van der Waals surface area contributed by atoms with Crippen molar-refractivity contribution in [1.82, 2.24) is 10.3 Å². The molecule has 0 fully saturated rings. The number of nitrogens with zero attached hydrogens (tertiary/aromatic N) is 1. The van der Waals surface area contributed by atoms with E-state index in [-0.39, 0.29) is 6.04 Å². The monoisotopic (exact) mass is 334 g/mol. The molecule has 4 heteroatoms. The van der Waals surface area contributed by atoms with Gasteiger partial charge in [0.1, 0.15) is 5.75 Å². The molecule has 3 nitrogen and oxygen atoms in total. The average molecular weight is 335 g/mol. The lowest BCUT2D eigenvalue weighted by molar-refractivity contribution is 0.411. The van der Waals surface area contributed by atoms with Crippen LogP contribution in [0.1, 0.15) is 24.1 Å². The smallest absolute Gasteiger partial charge is 0.133 e. The molecule has 1 unspecified atom stereocenters. The van der Waals surface area contributed by atoms with Crippen molar-refractivity contribution < 1.29 is 4.74 Å². The Hall–Kier alpha value is -1.39. The van der Waals surface area contributed by atoms with Crippen LogP contribution in [0.4, 0.5) is 0 Å². The van der Waals surface area contributed by atoms with Crippen molar-refractivity contribution >= 4 is 15.9 Å². The predicted octanol–water partition coefficient (Wildman–Crippen LogP) is 3.75. The number of ether oxygens (including phenoxy) is 1. The van der Waals surface area contributed by atoms with Gasteiger partial charge in [0, 0.05) is 18.4 Å². The van der Waals surface area contributed by atoms with Crippen LogP contribution in [0.5, 0.6) is 5.75 Å². The Balaban J connectivity index is 2.22. The summed E-state index contributed by atoms with van der Waals surface area (Å²) in [4.78, 5) is 4.18. The summed E-state index contributed by atoms with van der Waals surface area (Å²) in [5.41, 5.74) is 2.47. The van der Waals surface area contributed by atoms with Crippen LogP contribution in [0.2, 0.25) is 0 Å². The number of benzene rings is 1. The minimum Gasteiger partial charge on any atom is -0.496 e. The molecule has 0 radical (unpaired) electrons. The summed E-state index contributed by atoms with van der Waals surface area (Å²) in [5.74, 6) is 0.852. The van der Waals surface area contributed by atoms with E-state index < -0.39 is 0 Å². The van der Waals surface area contributed by atoms with E-state index in [1.165, 1.54) is 11.1 Å². The molecule has 2 rings (SSSR count). The fourth-order valence-corrected chi connectivity index (χ4v) is 2.77. The lowest BCUT2D eigenvalue weighted by atomic mass is 9.99. The summed E-state index contributed by atoms with van der Waals surface area (Å²) < 4.78 is 6.26. The number of methoxy groups -OCH3 is 1. The third-order valence-electron chi connectivity index (χ3n) is 3.19. The van der Waals surface area contributed by atoms with Gasteiger partial charge in [-0.3, -0.25) is 4.98 Å². The van der Waals surface area contributed by atoms with Crippen LogP contribution in [0.25, 0.3) is 0 Å². The Kier molecular flexibility index (Phi) is 5.56. The van der Waals surface area contributed by atoms with E-state index in [1.54, 1.807) is 13.3 Å². The molecule has 0 aliphatic carbocycles. The first-order chi connectivity index (χ1) is 9.74. The van der Waals surface area contributed by atoms with E-state index in [4.69, 9.17) is 4.74 Å². The zero-order chi connectivity index (χ0) is 14.4. The molecule has 0 aliphatic heterocycles. The Labute approximate surface area is 128 Å². The molecule has 1 atom stereocenters. The predicted molar refractivity (Wildman–Crippen MR) is 85.1 cm³/mol. The Morgan fingerprint density at radius 2 is 2.20 bits per heavy atom. The highest BCUT2D eigenvalue weighted by atomic mass is 79.9. The number of hydrogen-bond acceptors (Lipinski definition) is 3. The molecule has 0 saturated carbocycles. The fraction of sp³-hybridized carbons (Fsp3) is 0.312. The molecule has 0 saturated heterocycles. The van der Waals surface area contributed by atoms with Crippen molar-refractivity contribution in [2.24, 2.45) is 0 Å². The van der Waals surface area contributed by atoms with Crippen LogP contribution in [-0.2, 0) is 6.42 Å². The molecule has 1 aromatic carbocycles. The van der Waals surface area contributed by atoms with Crippen LogP contribution in [0, 0.1) is 0 Å². The van der Waals surface area contributed by atoms with Crippen LogP contribution in [0.3, 0.4) is 0 Å². The van der Waals surface area contributed by atoms with Gasteiger partial charge in [-0.15, -0.1) is 0 Å². The minimum absolute atomic E-state index is 0.270. The van der Waals surface area contributed by atoms with Gasteiger partial charge in [-0.2, -0.15) is 0 Å². The maximum absolute atomic E-state index is 5.28. The zero-order valence-electron chi connectivity index (χ0n) is 11.8. The molecule has 0 spiro atoms. The zero-order valence-corrected chi connectivity index (χ0v) is 13.4. The number of nitrogens with one attached hydrogen (secondary N) is 1. The summed E-state index contributed by atoms with van der Waals surface area (Å²) in [6.07, 6.45) is 4.64. The highest BCUT2D eigenvalue weighted by Gasteiger charge is 2.13. The number of pyridine rings is 1. The number of likely N-dealkylation sites (N-methyl/N-ethyl adjacent to an activating group) is 1. The molecule has 1 N–H and O–H groups in total. The highest BCUT2D eigenvalue weighted by Crippen LogP contribution is 2.29. The van der Waals surface area contributed by atoms with Crippen LogP contribution in [0.15, 0.2) is 47.2 Å². The van der Waals surface area contributed by atoms with Crippen molar-refractivity contribution in [1.29, 1.82) is 0 Å². The number of aromatic nitrogens is 1. The molecule has 20 heavy (non-hydrogen) atoms. The number of rotatable bonds is 6. The van der Waals surface area contributed by atoms with Crippen molar-refractivity contribution in [2.45, 2.75) is 19.4 Å². The van der Waals surface area contributed by atoms with E-state index in [0.29, 0.717) is 0 Å². The standard InChI is InChI=1S/C16H19BrN2O/c1-3-19-15(9-12-5-4-8-18-11-12)13-6-7-16(20-2)14(17)10-13/h4-8,10-11,15,19H,3,9H2,1-2H3. The summed E-state index contributed by atoms with van der Waals surface area (Å²) >= 11 is 3.55. The second kappa shape index (κ2) is 7.41. The SMILES string of the molecule is CCNC(Cc1cccnc1)c1ccc(OC)c(Br)c1. The quantitative estimate of drug-likeness (QED) is 0.873. The summed E-state index contributed by atoms with van der Waals surface area (Å²) in [5, 5.41) is 3.52. The van der Waals surface area contributed by atoms with Crippen molar-refractivity contribution in [3.63, 3.8) is 0 Å². The number of halogens is 1. The summed E-state index contributed by atoms with van der Waals surface area (Å²) in [6, 6.07) is 10.6. The van der Waals surface area contributed by atoms with Crippen molar-refractivity contribution in [3.8, 4) is 5.75 Å². The van der Waals surface area contributed by atoms with Gasteiger partial charge < -0.3 is 10.1 Å². The van der Waals surface area contributed by atoms with E-state index in [0.717, 1.165) is 23.2 Å². The first-order valence-corrected chi connectivity index (χ1v) is 7.49. The van der Waals surface area contributed by atoms with Gasteiger partial charge in [-0.05, 0) is 58.2 Å². The van der Waals surface area contributed by atoms with Gasteiger partial charge in [-0.1, -0.05) is 19.1 Å². The Morgan fingerprint density at radius 1 is 1.35 bits per heavy atom. The molecule has 0 amide bonds. The third-order valence-corrected chi connectivity index (χ3v) is 3.81. The molecule has 0 bridgehead atoms. The lowest BCUT2D eigenvalue weighted by Gasteiger charge is -2.19. The first kappa shape index (κ1) is 15.0. The average Bonchev–Trinajstić information content (AvgIpc) is 2.48. The summed E-state index contributed by atoms with van der Waals surface area (Å²) in [7, 11) is 1.68. The second-order valence-electron chi connectivity index (χ2n) is 4.57. The van der Waals surface area contributed by atoms with Crippen molar-refractivity contribution in [2.75, 3.05) is 13.7 Å². The van der Waals surface area contributed by atoms with Gasteiger partial charge in [0.25, 0.3) is 0 Å². The fourth-order valence-electron chi connectivity index (χ4n) is 2.21. The number of hydrogen-bond donors (Lipinski definition) is 1. The highest BCUT2D eigenvalue weighted by molar-refractivity contribution is 9.10. The molecule has 1 heterocycles. The van der Waals surface area contributed by atoms with Gasteiger partial charge in [0.05, 0.1) is 11.6 Å². The van der Waals surface area contributed by atoms with E-state index >= 15 is 0 Å². The van der Waals surface area contributed by atoms with Crippen LogP contribution >= 0.6 is 15.9 Å². The van der Waals surface area contributed by atoms with Gasteiger partial charge in [0.15, 0.2) is 0 Å². The topological polar surface area (TPSA) is 34.2 Å². The molecule has 2 aromatic rings. The molecule has 1 aromatic heterocycles. The molecule has 106 valence electrons. The van der Waals surface area contributed by atoms with E-state index in [1.807, 2.05) is 18.3 Å². The maximum Gasteiger partial charge on any atom is 0.133 e. The Morgan fingerprint density at radius 3 is 2.80 bits per heavy atom. The normalized spacial score (nSPS) is 12.2. The molecular weight excluding hydrogens is 316 g/mol. The minimum atomic E-state index is 0.270. The van der Waals surface area contributed by atoms with Gasteiger partial charge in [0.2, 0.25) is 0 Å². The maximum atomic E-state index is 5.28. The first-order valence-electron chi connectivity index (χ1n) is 6.70. The van der Waals surface area contributed by atoms with Gasteiger partial charge in [-0.25, -0.2) is 0 Å². The second-order valence-corrected chi connectivity index (χ2v) is 5.42.